The highest BCUT2D eigenvalue weighted by atomic mass is 32.2. The number of benzene rings is 1. The second kappa shape index (κ2) is 19.3. The first-order valence-electron chi connectivity index (χ1n) is 20.7. The standard InChI is InChI=1S/C41H40FN11O8S5/c1-4-61-48-29(33-47-40(43)66-49-33)34(55)46-30-35(56)53-31(27(19-62-37(30)53)65-41-45-24(18-63-41)21-6-10-50(3)11-7-21)39(58)60-15-5-14-59-38(57)28-32(54)22-16-23(42)26(51-12-8-44-9-13-51)17-25(22)52-20(2)64-36(28)52/h6-7,10-11,16-18,20,30,37,44H,4-5,8-9,12-15,19H2,1-3H3,(H2-,43,46,47,49,55)/p+1/b48-29+/t20?,30-,37-/m1/s1. The summed E-state index contributed by atoms with van der Waals surface area (Å²) >= 11 is 6.18. The number of nitrogens with two attached hydrogens (primary N) is 1. The molecule has 19 nitrogen and oxygen atoms in total. The number of aryl methyl sites for hydroxylation is 1. The van der Waals surface area contributed by atoms with Gasteiger partial charge in [-0.2, -0.15) is 9.36 Å². The van der Waals surface area contributed by atoms with Gasteiger partial charge >= 0.3 is 11.9 Å². The molecule has 1 aromatic carbocycles. The minimum Gasteiger partial charge on any atom is -0.462 e. The van der Waals surface area contributed by atoms with Crippen molar-refractivity contribution in [2.75, 3.05) is 62.4 Å². The number of aromatic nitrogens is 5. The van der Waals surface area contributed by atoms with Crippen molar-refractivity contribution in [2.24, 2.45) is 12.2 Å². The number of nitrogen functional groups attached to an aromatic ring is 1. The summed E-state index contributed by atoms with van der Waals surface area (Å²) < 4.78 is 35.2. The van der Waals surface area contributed by atoms with Crippen LogP contribution in [0.3, 0.4) is 0 Å². The van der Waals surface area contributed by atoms with Gasteiger partial charge in [0.1, 0.15) is 42.1 Å². The lowest BCUT2D eigenvalue weighted by Gasteiger charge is -2.49. The van der Waals surface area contributed by atoms with Crippen molar-refractivity contribution in [2.45, 2.75) is 46.4 Å². The predicted molar refractivity (Wildman–Crippen MR) is 249 cm³/mol. The molecule has 0 bridgehead atoms. The van der Waals surface area contributed by atoms with E-state index >= 15 is 4.39 Å². The Kier molecular flexibility index (Phi) is 13.3. The van der Waals surface area contributed by atoms with E-state index in [-0.39, 0.29) is 70.7 Å². The molecule has 4 aromatic heterocycles. The molecule has 2 saturated heterocycles. The highest BCUT2D eigenvalue weighted by Crippen LogP contribution is 2.48. The number of carbonyl (C=O) groups is 4. The number of halogens is 1. The van der Waals surface area contributed by atoms with Crippen LogP contribution in [0.25, 0.3) is 22.2 Å². The quantitative estimate of drug-likeness (QED) is 0.0341. The second-order valence-electron chi connectivity index (χ2n) is 15.1. The maximum absolute atomic E-state index is 15.5. The fraction of sp³-hybridized carbons (Fsp3) is 0.366. The maximum atomic E-state index is 15.5. The average Bonchev–Trinajstić information content (AvgIpc) is 3.97. The summed E-state index contributed by atoms with van der Waals surface area (Å²) in [7, 11) is 1.92. The van der Waals surface area contributed by atoms with Crippen molar-refractivity contribution < 1.29 is 42.4 Å². The van der Waals surface area contributed by atoms with E-state index in [1.54, 1.807) is 13.0 Å². The summed E-state index contributed by atoms with van der Waals surface area (Å²) in [6.07, 6.45) is 3.88. The number of rotatable bonds is 15. The number of hydrogen-bond acceptors (Lipinski definition) is 20. The van der Waals surface area contributed by atoms with Gasteiger partial charge in [0, 0.05) is 83.3 Å². The number of piperazine rings is 1. The van der Waals surface area contributed by atoms with Gasteiger partial charge in [0.25, 0.3) is 11.8 Å². The number of thioether (sulfide) groups is 3. The molecule has 25 heteroatoms. The monoisotopic (exact) mass is 994 g/mol. The van der Waals surface area contributed by atoms with E-state index in [0.29, 0.717) is 51.7 Å². The molecule has 0 spiro atoms. The van der Waals surface area contributed by atoms with Gasteiger partial charge in [0.15, 0.2) is 21.9 Å². The van der Waals surface area contributed by atoms with E-state index in [9.17, 15) is 24.0 Å². The number of nitrogens with one attached hydrogen (secondary N) is 2. The Morgan fingerprint density at radius 2 is 1.86 bits per heavy atom. The summed E-state index contributed by atoms with van der Waals surface area (Å²) in [6.45, 7) is 6.02. The number of ether oxygens (including phenoxy) is 2. The lowest BCUT2D eigenvalue weighted by molar-refractivity contribution is -0.671. The average molecular weight is 995 g/mol. The van der Waals surface area contributed by atoms with Gasteiger partial charge in [-0.25, -0.2) is 23.5 Å². The Hall–Kier alpha value is -5.60. The van der Waals surface area contributed by atoms with Crippen LogP contribution >= 0.6 is 58.2 Å². The topological polar surface area (TPSA) is 229 Å². The number of thiazole rings is 1. The Morgan fingerprint density at radius 3 is 2.58 bits per heavy atom. The number of carbonyl (C=O) groups excluding carboxylic acids is 4. The predicted octanol–water partition coefficient (Wildman–Crippen LogP) is 3.49. The smallest absolute Gasteiger partial charge is 0.355 e. The summed E-state index contributed by atoms with van der Waals surface area (Å²) in [6, 6.07) is 5.72. The summed E-state index contributed by atoms with van der Waals surface area (Å²) in [5.41, 5.74) is 7.28. The molecule has 3 atom stereocenters. The first-order valence-corrected chi connectivity index (χ1v) is 25.1. The highest BCUT2D eigenvalue weighted by Gasteiger charge is 2.55. The maximum Gasteiger partial charge on any atom is 0.355 e. The minimum absolute atomic E-state index is 0.00105. The van der Waals surface area contributed by atoms with Crippen LogP contribution in [0.2, 0.25) is 0 Å². The molecule has 4 aliphatic heterocycles. The van der Waals surface area contributed by atoms with E-state index in [1.807, 2.05) is 57.9 Å². The summed E-state index contributed by atoms with van der Waals surface area (Å²) in [5.74, 6) is -3.34. The molecule has 8 heterocycles. The zero-order valence-corrected chi connectivity index (χ0v) is 39.6. The molecule has 4 aliphatic rings. The zero-order chi connectivity index (χ0) is 46.2. The normalized spacial score (nSPS) is 19.2. The first kappa shape index (κ1) is 45.6. The van der Waals surface area contributed by atoms with E-state index in [1.165, 1.54) is 57.6 Å². The van der Waals surface area contributed by atoms with Crippen molar-refractivity contribution in [3.8, 4) is 11.3 Å². The molecule has 0 aliphatic carbocycles. The van der Waals surface area contributed by atoms with Crippen LogP contribution in [0.4, 0.5) is 15.2 Å². The number of pyridine rings is 2. The number of hydrogen-bond donors (Lipinski definition) is 3. The number of esters is 2. The van der Waals surface area contributed by atoms with Gasteiger partial charge < -0.3 is 40.1 Å². The SMILES string of the molecule is CCO/N=C(/C(=O)N[C@@H]1C(=O)N2C(C(=O)OCCCOC(=O)c3c4n(c5cc(N6CCNCC6)c(F)cc5c3=O)C(C)S4)=C(Sc3nc(-c4cc[n+](C)cc4)cs3)CS[C@H]12)c1nsc(N)n1. The number of nitrogens with zero attached hydrogens (tertiary/aromatic N) is 8. The van der Waals surface area contributed by atoms with Crippen LogP contribution in [-0.2, 0) is 35.7 Å². The first-order chi connectivity index (χ1) is 31.9. The molecular weight excluding hydrogens is 954 g/mol. The van der Waals surface area contributed by atoms with Crippen LogP contribution < -0.4 is 31.3 Å². The van der Waals surface area contributed by atoms with E-state index in [0.717, 1.165) is 22.8 Å². The third-order valence-corrected chi connectivity index (χ3v) is 16.0. The molecule has 2 amide bonds. The number of anilines is 2. The molecule has 0 radical (unpaired) electrons. The Morgan fingerprint density at radius 1 is 1.11 bits per heavy atom. The molecule has 1 unspecified atom stereocenters. The highest BCUT2D eigenvalue weighted by molar-refractivity contribution is 8.07. The molecular formula is C41H41FN11O8S5+. The van der Waals surface area contributed by atoms with Gasteiger partial charge in [-0.3, -0.25) is 19.3 Å². The fourth-order valence-electron chi connectivity index (χ4n) is 7.62. The van der Waals surface area contributed by atoms with Crippen LogP contribution in [-0.4, -0.2) is 116 Å². The summed E-state index contributed by atoms with van der Waals surface area (Å²) in [4.78, 5) is 86.4. The van der Waals surface area contributed by atoms with Crippen LogP contribution in [0, 0.1) is 5.82 Å². The lowest BCUT2D eigenvalue weighted by Crippen LogP contribution is -2.71. The fourth-order valence-corrected chi connectivity index (χ4v) is 12.7. The Balaban J connectivity index is 0.894. The van der Waals surface area contributed by atoms with Crippen molar-refractivity contribution in [3.63, 3.8) is 0 Å². The Bertz CT molecular complexity index is 2880. The lowest BCUT2D eigenvalue weighted by atomic mass is 10.0. The van der Waals surface area contributed by atoms with E-state index in [4.69, 9.17) is 25.0 Å². The van der Waals surface area contributed by atoms with Gasteiger partial charge in [-0.1, -0.05) is 28.7 Å². The molecule has 5 aromatic rings. The van der Waals surface area contributed by atoms with Gasteiger partial charge in [-0.15, -0.1) is 23.1 Å². The van der Waals surface area contributed by atoms with Crippen molar-refractivity contribution in [1.29, 1.82) is 0 Å². The number of fused-ring (bicyclic) bond motifs is 4. The molecule has 9 rings (SSSR count). The minimum atomic E-state index is -1.05. The molecule has 66 heavy (non-hydrogen) atoms. The van der Waals surface area contributed by atoms with Crippen LogP contribution in [0.15, 0.2) is 72.0 Å². The molecule has 4 N–H and O–H groups in total. The summed E-state index contributed by atoms with van der Waals surface area (Å²) in [5, 5.41) is 11.6. The molecule has 0 saturated carbocycles. The van der Waals surface area contributed by atoms with Crippen LogP contribution in [0.5, 0.6) is 0 Å². The van der Waals surface area contributed by atoms with E-state index < -0.39 is 46.4 Å². The van der Waals surface area contributed by atoms with Crippen molar-refractivity contribution in [1.82, 2.24) is 34.4 Å². The molecule has 344 valence electrons. The second-order valence-corrected chi connectivity index (χ2v) is 20.5. The van der Waals surface area contributed by atoms with E-state index in [2.05, 4.69) is 25.1 Å². The van der Waals surface area contributed by atoms with Crippen LogP contribution in [0.1, 0.15) is 41.8 Å². The third-order valence-electron chi connectivity index (χ3n) is 10.8. The van der Waals surface area contributed by atoms with Crippen molar-refractivity contribution in [3.05, 3.63) is 80.1 Å². The zero-order valence-electron chi connectivity index (χ0n) is 35.5. The Labute approximate surface area is 396 Å². The number of β-lactam (4-membered cyclic amide) rings is 1. The van der Waals surface area contributed by atoms with Gasteiger partial charge in [0.2, 0.25) is 17.0 Å². The number of amides is 2. The molecule has 2 fully saturated rings. The van der Waals surface area contributed by atoms with Gasteiger partial charge in [-0.05, 0) is 26.0 Å². The third kappa shape index (κ3) is 8.86. The largest absolute Gasteiger partial charge is 0.462 e. The van der Waals surface area contributed by atoms with Crippen molar-refractivity contribution >= 4 is 109 Å². The number of oxime groups is 1. The van der Waals surface area contributed by atoms with Gasteiger partial charge in [0.05, 0.1) is 40.5 Å².